The van der Waals surface area contributed by atoms with E-state index >= 15 is 0 Å². The second-order valence-corrected chi connectivity index (χ2v) is 5.35. The van der Waals surface area contributed by atoms with Gasteiger partial charge in [0, 0.05) is 0 Å². The Balaban J connectivity index is 1.92. The highest BCUT2D eigenvalue weighted by Crippen LogP contribution is 2.35. The van der Waals surface area contributed by atoms with Crippen LogP contribution in [0.2, 0.25) is 5.02 Å². The van der Waals surface area contributed by atoms with Crippen LogP contribution in [0.3, 0.4) is 0 Å². The Labute approximate surface area is 135 Å². The van der Waals surface area contributed by atoms with Gasteiger partial charge in [0.05, 0.1) is 21.8 Å². The summed E-state index contributed by atoms with van der Waals surface area (Å²) in [6, 6.07) is 11.7. The van der Waals surface area contributed by atoms with Gasteiger partial charge in [-0.15, -0.1) is 0 Å². The summed E-state index contributed by atoms with van der Waals surface area (Å²) in [5.41, 5.74) is 1.56. The molecule has 23 heavy (non-hydrogen) atoms. The maximum Gasteiger partial charge on any atom is 0.266 e. The van der Waals surface area contributed by atoms with Crippen LogP contribution in [0.1, 0.15) is 20.7 Å². The van der Waals surface area contributed by atoms with E-state index < -0.39 is 0 Å². The average Bonchev–Trinajstić information content (AvgIpc) is 3.16. The fraction of sp³-hybridized carbons (Fsp3) is 0. The van der Waals surface area contributed by atoms with Crippen LogP contribution >= 0.6 is 11.6 Å². The van der Waals surface area contributed by atoms with Gasteiger partial charge in [0.15, 0.2) is 0 Å². The number of halogens is 1. The number of aromatic nitrogens is 3. The molecule has 2 amide bonds. The summed E-state index contributed by atoms with van der Waals surface area (Å²) >= 11 is 6.27. The van der Waals surface area contributed by atoms with E-state index in [1.807, 2.05) is 0 Å². The molecule has 0 aliphatic carbocycles. The van der Waals surface area contributed by atoms with Gasteiger partial charge >= 0.3 is 0 Å². The number of para-hydroxylation sites is 1. The summed E-state index contributed by atoms with van der Waals surface area (Å²) in [6.45, 7) is 0. The maximum absolute atomic E-state index is 12.7. The lowest BCUT2D eigenvalue weighted by molar-refractivity contribution is 0.0926. The molecule has 0 bridgehead atoms. The first-order chi connectivity index (χ1) is 11.2. The highest BCUT2D eigenvalue weighted by molar-refractivity contribution is 6.37. The molecule has 2 heterocycles. The van der Waals surface area contributed by atoms with Crippen molar-refractivity contribution in [1.82, 2.24) is 14.8 Å². The number of hydrogen-bond acceptors (Lipinski definition) is 4. The highest BCUT2D eigenvalue weighted by Gasteiger charge is 2.38. The molecule has 0 N–H and O–H groups in total. The van der Waals surface area contributed by atoms with Crippen LogP contribution in [0.4, 0.5) is 5.69 Å². The monoisotopic (exact) mass is 324 g/mol. The van der Waals surface area contributed by atoms with Crippen molar-refractivity contribution in [3.8, 4) is 5.69 Å². The number of carbonyl (C=O) groups is 2. The molecular weight excluding hydrogens is 316 g/mol. The highest BCUT2D eigenvalue weighted by atomic mass is 35.5. The van der Waals surface area contributed by atoms with Crippen molar-refractivity contribution < 1.29 is 9.59 Å². The Hall–Kier alpha value is -2.99. The van der Waals surface area contributed by atoms with Crippen LogP contribution in [0.15, 0.2) is 55.1 Å². The van der Waals surface area contributed by atoms with E-state index in [1.165, 1.54) is 17.3 Å². The number of nitrogens with zero attached hydrogens (tertiary/aromatic N) is 4. The number of imide groups is 1. The minimum absolute atomic E-state index is 0.365. The first-order valence-electron chi connectivity index (χ1n) is 6.80. The molecule has 0 spiro atoms. The number of carbonyl (C=O) groups excluding carboxylic acids is 2. The Morgan fingerprint density at radius 3 is 2.22 bits per heavy atom. The van der Waals surface area contributed by atoms with E-state index in [9.17, 15) is 9.59 Å². The largest absolute Gasteiger partial charge is 0.268 e. The zero-order valence-corrected chi connectivity index (χ0v) is 12.4. The van der Waals surface area contributed by atoms with Crippen LogP contribution in [0, 0.1) is 0 Å². The summed E-state index contributed by atoms with van der Waals surface area (Å²) < 4.78 is 1.43. The molecule has 4 rings (SSSR count). The maximum atomic E-state index is 12.7. The van der Waals surface area contributed by atoms with Gasteiger partial charge in [-0.25, -0.2) is 14.6 Å². The van der Waals surface area contributed by atoms with Crippen molar-refractivity contribution in [2.45, 2.75) is 0 Å². The van der Waals surface area contributed by atoms with Crippen molar-refractivity contribution in [2.24, 2.45) is 0 Å². The fourth-order valence-corrected chi connectivity index (χ4v) is 2.90. The molecule has 0 unspecified atom stereocenters. The summed E-state index contributed by atoms with van der Waals surface area (Å²) in [4.78, 5) is 30.3. The number of fused-ring (bicyclic) bond motifs is 1. The van der Waals surface area contributed by atoms with E-state index in [2.05, 4.69) is 10.1 Å². The third-order valence-electron chi connectivity index (χ3n) is 3.65. The van der Waals surface area contributed by atoms with Crippen LogP contribution in [0.25, 0.3) is 5.69 Å². The first kappa shape index (κ1) is 13.7. The zero-order valence-electron chi connectivity index (χ0n) is 11.7. The van der Waals surface area contributed by atoms with Crippen molar-refractivity contribution >= 4 is 29.1 Å². The number of rotatable bonds is 2. The Kier molecular flexibility index (Phi) is 2.99. The lowest BCUT2D eigenvalue weighted by atomic mass is 10.1. The van der Waals surface area contributed by atoms with Crippen molar-refractivity contribution in [2.75, 3.05) is 4.90 Å². The van der Waals surface area contributed by atoms with Gasteiger partial charge in [-0.05, 0) is 24.3 Å². The van der Waals surface area contributed by atoms with Crippen LogP contribution in [-0.2, 0) is 0 Å². The van der Waals surface area contributed by atoms with Crippen LogP contribution < -0.4 is 4.90 Å². The van der Waals surface area contributed by atoms with Crippen molar-refractivity contribution in [3.63, 3.8) is 0 Å². The van der Waals surface area contributed by atoms with Gasteiger partial charge in [-0.3, -0.25) is 9.59 Å². The molecule has 0 fully saturated rings. The van der Waals surface area contributed by atoms with E-state index in [0.29, 0.717) is 27.5 Å². The van der Waals surface area contributed by atoms with Crippen LogP contribution in [0.5, 0.6) is 0 Å². The zero-order chi connectivity index (χ0) is 16.0. The molecule has 1 aliphatic rings. The minimum atomic E-state index is -0.380. The second-order valence-electron chi connectivity index (χ2n) is 4.94. The van der Waals surface area contributed by atoms with E-state index in [0.717, 1.165) is 4.90 Å². The predicted molar refractivity (Wildman–Crippen MR) is 84.0 cm³/mol. The average molecular weight is 325 g/mol. The SMILES string of the molecule is O=C1c2ccccc2C(=O)N1c1cccc(Cl)c1-n1cncn1. The number of benzene rings is 2. The summed E-state index contributed by atoms with van der Waals surface area (Å²) in [5, 5.41) is 4.42. The molecule has 0 atom stereocenters. The van der Waals surface area contributed by atoms with Gasteiger partial charge in [0.2, 0.25) is 0 Å². The quantitative estimate of drug-likeness (QED) is 0.680. The molecule has 0 radical (unpaired) electrons. The standard InChI is InChI=1S/C16H9ClN4O2/c17-12-6-3-7-13(14(12)20-9-18-8-19-20)21-15(22)10-4-1-2-5-11(10)16(21)23/h1-9H. The van der Waals surface area contributed by atoms with Crippen molar-refractivity contribution in [3.05, 3.63) is 71.3 Å². The third kappa shape index (κ3) is 1.96. The van der Waals surface area contributed by atoms with E-state index in [-0.39, 0.29) is 11.8 Å². The summed E-state index contributed by atoms with van der Waals surface area (Å²) in [5.74, 6) is -0.761. The molecule has 1 aromatic heterocycles. The fourth-order valence-electron chi connectivity index (χ4n) is 2.64. The van der Waals surface area contributed by atoms with E-state index in [1.54, 1.807) is 42.5 Å². The molecule has 1 aliphatic heterocycles. The number of anilines is 1. The molecular formula is C16H9ClN4O2. The number of hydrogen-bond donors (Lipinski definition) is 0. The second kappa shape index (κ2) is 5.03. The lowest BCUT2D eigenvalue weighted by Gasteiger charge is -2.18. The normalized spacial score (nSPS) is 13.5. The molecule has 0 saturated carbocycles. The Morgan fingerprint density at radius 1 is 0.913 bits per heavy atom. The van der Waals surface area contributed by atoms with Gasteiger partial charge in [0.25, 0.3) is 11.8 Å². The topological polar surface area (TPSA) is 68.1 Å². The van der Waals surface area contributed by atoms with Gasteiger partial charge in [0.1, 0.15) is 18.3 Å². The third-order valence-corrected chi connectivity index (χ3v) is 3.95. The van der Waals surface area contributed by atoms with Gasteiger partial charge in [-0.1, -0.05) is 29.8 Å². The first-order valence-corrected chi connectivity index (χ1v) is 7.17. The summed E-state index contributed by atoms with van der Waals surface area (Å²) in [6.07, 6.45) is 2.82. The summed E-state index contributed by atoms with van der Waals surface area (Å²) in [7, 11) is 0. The Morgan fingerprint density at radius 2 is 1.61 bits per heavy atom. The molecule has 7 heteroatoms. The molecule has 112 valence electrons. The molecule has 2 aromatic carbocycles. The smallest absolute Gasteiger partial charge is 0.266 e. The van der Waals surface area contributed by atoms with Crippen LogP contribution in [-0.4, -0.2) is 26.6 Å². The Bertz CT molecular complexity index is 902. The predicted octanol–water partition coefficient (Wildman–Crippen LogP) is 2.72. The van der Waals surface area contributed by atoms with Gasteiger partial charge in [-0.2, -0.15) is 5.10 Å². The van der Waals surface area contributed by atoms with Crippen molar-refractivity contribution in [1.29, 1.82) is 0 Å². The minimum Gasteiger partial charge on any atom is -0.268 e. The molecule has 6 nitrogen and oxygen atoms in total. The lowest BCUT2D eigenvalue weighted by Crippen LogP contribution is -2.30. The number of amides is 2. The van der Waals surface area contributed by atoms with Gasteiger partial charge < -0.3 is 0 Å². The molecule has 0 saturated heterocycles. The van der Waals surface area contributed by atoms with E-state index in [4.69, 9.17) is 11.6 Å². The molecule has 3 aromatic rings.